The van der Waals surface area contributed by atoms with Gasteiger partial charge in [0.25, 0.3) is 5.91 Å². The number of benzene rings is 2. The highest BCUT2D eigenvalue weighted by molar-refractivity contribution is 5.98. The summed E-state index contributed by atoms with van der Waals surface area (Å²) >= 11 is 0. The van der Waals surface area contributed by atoms with E-state index in [1.165, 1.54) is 0 Å². The molecule has 1 saturated heterocycles. The van der Waals surface area contributed by atoms with Gasteiger partial charge in [-0.05, 0) is 18.2 Å². The molecule has 1 amide bonds. The highest BCUT2D eigenvalue weighted by Crippen LogP contribution is 2.24. The van der Waals surface area contributed by atoms with Crippen molar-refractivity contribution >= 4 is 22.9 Å². The second kappa shape index (κ2) is 7.59. The number of ether oxygens (including phenoxy) is 2. The first-order valence-corrected chi connectivity index (χ1v) is 8.79. The van der Waals surface area contributed by atoms with Crippen molar-refractivity contribution in [2.24, 2.45) is 0 Å². The SMILES string of the molecule is O=C(OCC(=O)N1CCOCC1)c1ccccc1-c1nc2ccccc2[nH]1. The molecule has 27 heavy (non-hydrogen) atoms. The molecule has 1 aliphatic heterocycles. The minimum atomic E-state index is -0.548. The van der Waals surface area contributed by atoms with Crippen molar-refractivity contribution < 1.29 is 19.1 Å². The molecule has 0 unspecified atom stereocenters. The summed E-state index contributed by atoms with van der Waals surface area (Å²) in [5, 5.41) is 0. The molecule has 0 radical (unpaired) electrons. The molecule has 4 rings (SSSR count). The number of aromatic amines is 1. The van der Waals surface area contributed by atoms with Gasteiger partial charge in [0.15, 0.2) is 6.61 Å². The van der Waals surface area contributed by atoms with Crippen LogP contribution in [0.25, 0.3) is 22.4 Å². The zero-order valence-electron chi connectivity index (χ0n) is 14.7. The van der Waals surface area contributed by atoms with Crippen molar-refractivity contribution in [3.05, 3.63) is 54.1 Å². The van der Waals surface area contributed by atoms with E-state index in [4.69, 9.17) is 9.47 Å². The number of imidazole rings is 1. The van der Waals surface area contributed by atoms with Crippen LogP contribution < -0.4 is 0 Å². The van der Waals surface area contributed by atoms with Crippen molar-refractivity contribution in [2.45, 2.75) is 0 Å². The minimum absolute atomic E-state index is 0.215. The number of carbonyl (C=O) groups is 2. The zero-order valence-corrected chi connectivity index (χ0v) is 14.7. The van der Waals surface area contributed by atoms with Crippen molar-refractivity contribution in [2.75, 3.05) is 32.9 Å². The van der Waals surface area contributed by atoms with Crippen LogP contribution in [0.15, 0.2) is 48.5 Å². The lowest BCUT2D eigenvalue weighted by Crippen LogP contribution is -2.42. The molecule has 3 aromatic rings. The summed E-state index contributed by atoms with van der Waals surface area (Å²) < 4.78 is 10.5. The van der Waals surface area contributed by atoms with Crippen LogP contribution in [0.3, 0.4) is 0 Å². The van der Waals surface area contributed by atoms with E-state index in [-0.39, 0.29) is 12.5 Å². The Labute approximate surface area is 155 Å². The van der Waals surface area contributed by atoms with Gasteiger partial charge in [0.05, 0.1) is 29.8 Å². The maximum atomic E-state index is 12.6. The molecule has 1 aromatic heterocycles. The normalized spacial score (nSPS) is 14.3. The summed E-state index contributed by atoms with van der Waals surface area (Å²) in [7, 11) is 0. The van der Waals surface area contributed by atoms with Crippen LogP contribution in [-0.4, -0.2) is 59.7 Å². The van der Waals surface area contributed by atoms with E-state index in [1.54, 1.807) is 23.1 Å². The number of hydrogen-bond donors (Lipinski definition) is 1. The third kappa shape index (κ3) is 3.68. The summed E-state index contributed by atoms with van der Waals surface area (Å²) in [4.78, 5) is 34.2. The van der Waals surface area contributed by atoms with Crippen LogP contribution >= 0.6 is 0 Å². The molecule has 1 aliphatic rings. The Morgan fingerprint density at radius 1 is 1.07 bits per heavy atom. The highest BCUT2D eigenvalue weighted by atomic mass is 16.5. The first kappa shape index (κ1) is 17.2. The number of nitrogens with one attached hydrogen (secondary N) is 1. The van der Waals surface area contributed by atoms with E-state index in [0.29, 0.717) is 43.3 Å². The van der Waals surface area contributed by atoms with Crippen LogP contribution in [0.5, 0.6) is 0 Å². The van der Waals surface area contributed by atoms with Crippen molar-refractivity contribution in [3.8, 4) is 11.4 Å². The van der Waals surface area contributed by atoms with Crippen LogP contribution in [0.1, 0.15) is 10.4 Å². The number of morpholine rings is 1. The number of amides is 1. The largest absolute Gasteiger partial charge is 0.452 e. The van der Waals surface area contributed by atoms with E-state index in [1.807, 2.05) is 30.3 Å². The van der Waals surface area contributed by atoms with E-state index >= 15 is 0 Å². The number of H-pyrrole nitrogens is 1. The summed E-state index contributed by atoms with van der Waals surface area (Å²) in [5.74, 6) is -0.177. The number of para-hydroxylation sites is 2. The number of fused-ring (bicyclic) bond motifs is 1. The number of rotatable bonds is 4. The molecule has 0 saturated carbocycles. The topological polar surface area (TPSA) is 84.5 Å². The quantitative estimate of drug-likeness (QED) is 0.717. The van der Waals surface area contributed by atoms with Crippen LogP contribution in [0.4, 0.5) is 0 Å². The number of nitrogens with zero attached hydrogens (tertiary/aromatic N) is 2. The van der Waals surface area contributed by atoms with Gasteiger partial charge in [0, 0.05) is 18.7 Å². The Balaban J connectivity index is 1.51. The molecule has 1 fully saturated rings. The lowest BCUT2D eigenvalue weighted by Gasteiger charge is -2.26. The molecule has 7 nitrogen and oxygen atoms in total. The summed E-state index contributed by atoms with van der Waals surface area (Å²) in [6, 6.07) is 14.7. The van der Waals surface area contributed by atoms with E-state index < -0.39 is 5.97 Å². The average Bonchev–Trinajstić information content (AvgIpc) is 3.16. The molecule has 1 N–H and O–H groups in total. The molecule has 0 spiro atoms. The Kier molecular flexibility index (Phi) is 4.84. The van der Waals surface area contributed by atoms with Crippen LogP contribution in [-0.2, 0) is 14.3 Å². The summed E-state index contributed by atoms with van der Waals surface area (Å²) in [6.07, 6.45) is 0. The second-order valence-corrected chi connectivity index (χ2v) is 6.22. The predicted octanol–water partition coefficient (Wildman–Crippen LogP) is 2.25. The average molecular weight is 365 g/mol. The molecule has 138 valence electrons. The number of hydrogen-bond acceptors (Lipinski definition) is 5. The highest BCUT2D eigenvalue weighted by Gasteiger charge is 2.21. The van der Waals surface area contributed by atoms with Gasteiger partial charge >= 0.3 is 5.97 Å². The van der Waals surface area contributed by atoms with Crippen LogP contribution in [0, 0.1) is 0 Å². The Hall–Kier alpha value is -3.19. The van der Waals surface area contributed by atoms with E-state index in [9.17, 15) is 9.59 Å². The smallest absolute Gasteiger partial charge is 0.339 e. The third-order valence-electron chi connectivity index (χ3n) is 4.48. The molecule has 0 atom stereocenters. The summed E-state index contributed by atoms with van der Waals surface area (Å²) in [5.41, 5.74) is 2.71. The Morgan fingerprint density at radius 2 is 1.81 bits per heavy atom. The number of aromatic nitrogens is 2. The third-order valence-corrected chi connectivity index (χ3v) is 4.48. The predicted molar refractivity (Wildman–Crippen MR) is 99.2 cm³/mol. The molecule has 7 heteroatoms. The molecule has 2 heterocycles. The van der Waals surface area contributed by atoms with Gasteiger partial charge in [0.2, 0.25) is 0 Å². The minimum Gasteiger partial charge on any atom is -0.452 e. The molecule has 0 bridgehead atoms. The first-order chi connectivity index (χ1) is 13.2. The lowest BCUT2D eigenvalue weighted by atomic mass is 10.1. The van der Waals surface area contributed by atoms with Crippen molar-refractivity contribution in [3.63, 3.8) is 0 Å². The van der Waals surface area contributed by atoms with Gasteiger partial charge in [-0.2, -0.15) is 0 Å². The van der Waals surface area contributed by atoms with E-state index in [0.717, 1.165) is 11.0 Å². The molecule has 0 aliphatic carbocycles. The van der Waals surface area contributed by atoms with Crippen molar-refractivity contribution in [1.82, 2.24) is 14.9 Å². The van der Waals surface area contributed by atoms with E-state index in [2.05, 4.69) is 9.97 Å². The fourth-order valence-corrected chi connectivity index (χ4v) is 3.06. The number of esters is 1. The van der Waals surface area contributed by atoms with Gasteiger partial charge in [-0.3, -0.25) is 4.79 Å². The molecule has 2 aromatic carbocycles. The summed E-state index contributed by atoms with van der Waals surface area (Å²) in [6.45, 7) is 1.77. The fourth-order valence-electron chi connectivity index (χ4n) is 3.06. The van der Waals surface area contributed by atoms with Gasteiger partial charge in [-0.15, -0.1) is 0 Å². The monoisotopic (exact) mass is 365 g/mol. The zero-order chi connectivity index (χ0) is 18.6. The standard InChI is InChI=1S/C20H19N3O4/c24-18(23-9-11-26-12-10-23)13-27-20(25)15-6-2-1-5-14(15)19-21-16-7-3-4-8-17(16)22-19/h1-8H,9-13H2,(H,21,22). The molecular weight excluding hydrogens is 346 g/mol. The van der Waals surface area contributed by atoms with Crippen molar-refractivity contribution in [1.29, 1.82) is 0 Å². The maximum absolute atomic E-state index is 12.6. The molecular formula is C20H19N3O4. The Bertz CT molecular complexity index is 943. The van der Waals surface area contributed by atoms with Gasteiger partial charge in [-0.1, -0.05) is 30.3 Å². The van der Waals surface area contributed by atoms with Gasteiger partial charge < -0.3 is 19.4 Å². The lowest BCUT2D eigenvalue weighted by molar-refractivity contribution is -0.138. The van der Waals surface area contributed by atoms with Crippen LogP contribution in [0.2, 0.25) is 0 Å². The van der Waals surface area contributed by atoms with Gasteiger partial charge in [0.1, 0.15) is 5.82 Å². The first-order valence-electron chi connectivity index (χ1n) is 8.79. The Morgan fingerprint density at radius 3 is 2.63 bits per heavy atom. The second-order valence-electron chi connectivity index (χ2n) is 6.22. The fraction of sp³-hybridized carbons (Fsp3) is 0.250. The number of carbonyl (C=O) groups excluding carboxylic acids is 2. The van der Waals surface area contributed by atoms with Gasteiger partial charge in [-0.25, -0.2) is 9.78 Å². The maximum Gasteiger partial charge on any atom is 0.339 e.